The van der Waals surface area contributed by atoms with Gasteiger partial charge in [-0.15, -0.1) is 0 Å². The van der Waals surface area contributed by atoms with Gasteiger partial charge in [-0.2, -0.15) is 0 Å². The van der Waals surface area contributed by atoms with E-state index in [0.29, 0.717) is 11.4 Å². The van der Waals surface area contributed by atoms with E-state index in [1.165, 1.54) is 22.3 Å². The first-order chi connectivity index (χ1) is 18.1. The van der Waals surface area contributed by atoms with Crippen molar-refractivity contribution in [2.24, 2.45) is 0 Å². The maximum atomic E-state index is 6.33. The molecule has 0 fully saturated rings. The van der Waals surface area contributed by atoms with Crippen LogP contribution in [0.2, 0.25) is 0 Å². The Morgan fingerprint density at radius 2 is 0.919 bits per heavy atom. The lowest BCUT2D eigenvalue weighted by Crippen LogP contribution is -1.92. The minimum Gasteiger partial charge on any atom is -0.457 e. The van der Waals surface area contributed by atoms with Crippen LogP contribution in [0.5, 0.6) is 23.0 Å². The first kappa shape index (κ1) is 21.3. The molecule has 0 bridgehead atoms. The number of hydrogen-bond donors (Lipinski definition) is 2. The highest BCUT2D eigenvalue weighted by Gasteiger charge is 2.20. The summed E-state index contributed by atoms with van der Waals surface area (Å²) >= 11 is 0. The molecule has 0 saturated heterocycles. The fourth-order valence-electron chi connectivity index (χ4n) is 5.38. The van der Waals surface area contributed by atoms with Crippen molar-refractivity contribution in [3.63, 3.8) is 0 Å². The third kappa shape index (κ3) is 3.62. The zero-order valence-corrected chi connectivity index (χ0v) is 20.1. The molecule has 37 heavy (non-hydrogen) atoms. The number of hydrogen-bond acceptors (Lipinski definition) is 4. The standard InChI is InChI=1S/C33H24N2O2/c34-28-9-1-5-20-7-3-11-30(32(20)28)36-24-13-15-26-22(18-24)17-23-19-25(14-16-27(23)26)37-31-12-4-8-21-6-2-10-29(35)33(21)31/h1-16,18-19H,17,34-35H2. The van der Waals surface area contributed by atoms with Crippen LogP contribution >= 0.6 is 0 Å². The van der Waals surface area contributed by atoms with E-state index < -0.39 is 0 Å². The molecule has 4 nitrogen and oxygen atoms in total. The topological polar surface area (TPSA) is 70.5 Å². The van der Waals surface area contributed by atoms with Crippen molar-refractivity contribution >= 4 is 32.9 Å². The van der Waals surface area contributed by atoms with E-state index in [0.717, 1.165) is 51.0 Å². The second-order valence-corrected chi connectivity index (χ2v) is 9.42. The van der Waals surface area contributed by atoms with Crippen molar-refractivity contribution in [2.45, 2.75) is 6.42 Å². The van der Waals surface area contributed by atoms with Gasteiger partial charge >= 0.3 is 0 Å². The number of fused-ring (bicyclic) bond motifs is 5. The van der Waals surface area contributed by atoms with Crippen molar-refractivity contribution in [1.29, 1.82) is 0 Å². The van der Waals surface area contributed by atoms with Gasteiger partial charge in [0.25, 0.3) is 0 Å². The maximum Gasteiger partial charge on any atom is 0.137 e. The van der Waals surface area contributed by atoms with E-state index >= 15 is 0 Å². The fourth-order valence-corrected chi connectivity index (χ4v) is 5.38. The van der Waals surface area contributed by atoms with E-state index in [2.05, 4.69) is 24.3 Å². The average Bonchev–Trinajstić information content (AvgIpc) is 3.26. The molecule has 1 aliphatic rings. The molecule has 0 unspecified atom stereocenters. The van der Waals surface area contributed by atoms with Crippen molar-refractivity contribution in [3.05, 3.63) is 120 Å². The van der Waals surface area contributed by atoms with E-state index in [-0.39, 0.29) is 0 Å². The molecule has 1 aliphatic carbocycles. The summed E-state index contributed by atoms with van der Waals surface area (Å²) in [7, 11) is 0. The summed E-state index contributed by atoms with van der Waals surface area (Å²) in [4.78, 5) is 0. The van der Waals surface area contributed by atoms with Crippen molar-refractivity contribution in [1.82, 2.24) is 0 Å². The van der Waals surface area contributed by atoms with Gasteiger partial charge in [0.1, 0.15) is 23.0 Å². The summed E-state index contributed by atoms with van der Waals surface area (Å²) in [6.45, 7) is 0. The second-order valence-electron chi connectivity index (χ2n) is 9.42. The first-order valence-corrected chi connectivity index (χ1v) is 12.3. The summed E-state index contributed by atoms with van der Waals surface area (Å²) < 4.78 is 12.7. The molecule has 0 spiro atoms. The molecular formula is C33H24N2O2. The normalized spacial score (nSPS) is 11.9. The Morgan fingerprint density at radius 3 is 1.38 bits per heavy atom. The molecule has 0 amide bonds. The molecule has 6 aromatic rings. The Labute approximate surface area is 214 Å². The molecule has 0 saturated carbocycles. The van der Waals surface area contributed by atoms with Crippen LogP contribution in [0.25, 0.3) is 32.7 Å². The lowest BCUT2D eigenvalue weighted by molar-refractivity contribution is 0.488. The predicted octanol–water partition coefficient (Wildman–Crippen LogP) is 8.31. The van der Waals surface area contributed by atoms with Crippen LogP contribution in [0.4, 0.5) is 11.4 Å². The monoisotopic (exact) mass is 480 g/mol. The van der Waals surface area contributed by atoms with Crippen LogP contribution in [0.1, 0.15) is 11.1 Å². The summed E-state index contributed by atoms with van der Waals surface area (Å²) in [6.07, 6.45) is 0.814. The lowest BCUT2D eigenvalue weighted by Gasteiger charge is -2.12. The first-order valence-electron chi connectivity index (χ1n) is 12.3. The zero-order valence-electron chi connectivity index (χ0n) is 20.1. The van der Waals surface area contributed by atoms with Gasteiger partial charge in [0.05, 0.1) is 0 Å². The molecule has 0 heterocycles. The van der Waals surface area contributed by atoms with E-state index in [9.17, 15) is 0 Å². The third-order valence-electron chi connectivity index (χ3n) is 7.08. The van der Waals surface area contributed by atoms with Crippen LogP contribution in [-0.2, 0) is 6.42 Å². The number of nitrogens with two attached hydrogens (primary N) is 2. The van der Waals surface area contributed by atoms with Crippen LogP contribution in [0.15, 0.2) is 109 Å². The number of anilines is 2. The molecule has 6 aromatic carbocycles. The minimum absolute atomic E-state index is 0.710. The summed E-state index contributed by atoms with van der Waals surface area (Å²) in [5.74, 6) is 3.11. The Hall–Kier alpha value is -4.96. The van der Waals surface area contributed by atoms with Crippen molar-refractivity contribution in [2.75, 3.05) is 11.5 Å². The highest BCUT2D eigenvalue weighted by molar-refractivity contribution is 5.99. The van der Waals surface area contributed by atoms with Gasteiger partial charge in [-0.25, -0.2) is 0 Å². The van der Waals surface area contributed by atoms with E-state index in [1.54, 1.807) is 0 Å². The van der Waals surface area contributed by atoms with Crippen LogP contribution in [0.3, 0.4) is 0 Å². The molecule has 178 valence electrons. The van der Waals surface area contributed by atoms with Gasteiger partial charge in [0.2, 0.25) is 0 Å². The average molecular weight is 481 g/mol. The van der Waals surface area contributed by atoms with Crippen molar-refractivity contribution < 1.29 is 9.47 Å². The van der Waals surface area contributed by atoms with Crippen LogP contribution in [0, 0.1) is 0 Å². The Kier molecular flexibility index (Phi) is 4.79. The molecule has 4 N–H and O–H groups in total. The Balaban J connectivity index is 1.18. The largest absolute Gasteiger partial charge is 0.457 e. The zero-order chi connectivity index (χ0) is 24.9. The van der Waals surface area contributed by atoms with Gasteiger partial charge in [-0.05, 0) is 88.0 Å². The SMILES string of the molecule is Nc1cccc2cccc(Oc3ccc4c(c3)Cc3cc(Oc5cccc6cccc(N)c56)ccc3-4)c12. The predicted molar refractivity (Wildman–Crippen MR) is 152 cm³/mol. The van der Waals surface area contributed by atoms with Crippen LogP contribution in [-0.4, -0.2) is 0 Å². The van der Waals surface area contributed by atoms with E-state index in [1.807, 2.05) is 84.9 Å². The Morgan fingerprint density at radius 1 is 0.486 bits per heavy atom. The van der Waals surface area contributed by atoms with Gasteiger partial charge in [-0.1, -0.05) is 60.7 Å². The molecule has 7 rings (SSSR count). The lowest BCUT2D eigenvalue weighted by atomic mass is 10.1. The third-order valence-corrected chi connectivity index (χ3v) is 7.08. The molecular weight excluding hydrogens is 456 g/mol. The quantitative estimate of drug-likeness (QED) is 0.249. The van der Waals surface area contributed by atoms with Crippen LogP contribution < -0.4 is 20.9 Å². The summed E-state index contributed by atoms with van der Waals surface area (Å²) in [6, 6.07) is 36.4. The van der Waals surface area contributed by atoms with E-state index in [4.69, 9.17) is 20.9 Å². The number of benzene rings is 6. The van der Waals surface area contributed by atoms with Gasteiger partial charge in [0.15, 0.2) is 0 Å². The summed E-state index contributed by atoms with van der Waals surface area (Å²) in [5, 5.41) is 3.99. The molecule has 0 radical (unpaired) electrons. The minimum atomic E-state index is 0.710. The van der Waals surface area contributed by atoms with Gasteiger partial charge in [0, 0.05) is 22.1 Å². The highest BCUT2D eigenvalue weighted by atomic mass is 16.5. The smallest absolute Gasteiger partial charge is 0.137 e. The molecule has 0 aromatic heterocycles. The highest BCUT2D eigenvalue weighted by Crippen LogP contribution is 2.42. The maximum absolute atomic E-state index is 6.33. The van der Waals surface area contributed by atoms with Crippen molar-refractivity contribution in [3.8, 4) is 34.1 Å². The van der Waals surface area contributed by atoms with Gasteiger partial charge < -0.3 is 20.9 Å². The molecule has 0 atom stereocenters. The second kappa shape index (κ2) is 8.32. The summed E-state index contributed by atoms with van der Waals surface area (Å²) in [5.41, 5.74) is 18.9. The number of rotatable bonds is 4. The van der Waals surface area contributed by atoms with Gasteiger partial charge in [-0.3, -0.25) is 0 Å². The fraction of sp³-hybridized carbons (Fsp3) is 0.0303. The number of ether oxygens (including phenoxy) is 2. The molecule has 4 heteroatoms. The number of nitrogen functional groups attached to an aromatic ring is 2. The molecule has 0 aliphatic heterocycles. The Bertz CT molecular complexity index is 1700.